The minimum absolute atomic E-state index is 0.301. The fourth-order valence-corrected chi connectivity index (χ4v) is 4.87. The maximum Gasteiger partial charge on any atom is 0.160 e. The maximum absolute atomic E-state index is 13.1. The Hall–Kier alpha value is -2.27. The van der Waals surface area contributed by atoms with Gasteiger partial charge in [-0.05, 0) is 76.1 Å². The molecule has 27 heavy (non-hydrogen) atoms. The molecule has 2 aromatic rings. The van der Waals surface area contributed by atoms with Gasteiger partial charge in [-0.25, -0.2) is 0 Å². The Balaban J connectivity index is 2.07. The van der Waals surface area contributed by atoms with Gasteiger partial charge in [-0.3, -0.25) is 14.4 Å². The van der Waals surface area contributed by atoms with Crippen LogP contribution in [0.2, 0.25) is 0 Å². The van der Waals surface area contributed by atoms with Crippen molar-refractivity contribution in [2.45, 2.75) is 40.5 Å². The van der Waals surface area contributed by atoms with Gasteiger partial charge in [0.05, 0.1) is 17.9 Å². The van der Waals surface area contributed by atoms with Crippen LogP contribution in [0.4, 0.5) is 0 Å². The first-order valence-corrected chi connectivity index (χ1v) is 9.71. The first-order valence-electron chi connectivity index (χ1n) is 8.90. The van der Waals surface area contributed by atoms with Crippen LogP contribution in [-0.2, 0) is 14.4 Å². The van der Waals surface area contributed by atoms with Gasteiger partial charge in [0.15, 0.2) is 17.3 Å². The summed E-state index contributed by atoms with van der Waals surface area (Å²) in [6.07, 6.45) is 0. The molecule has 0 aliphatic heterocycles. The van der Waals surface area contributed by atoms with Crippen LogP contribution in [0.5, 0.6) is 5.75 Å². The highest BCUT2D eigenvalue weighted by atomic mass is 32.1. The highest BCUT2D eigenvalue weighted by molar-refractivity contribution is 7.15. The monoisotopic (exact) mass is 384 g/mol. The van der Waals surface area contributed by atoms with E-state index in [2.05, 4.69) is 0 Å². The summed E-state index contributed by atoms with van der Waals surface area (Å²) in [5.41, 5.74) is -0.622. The number of Topliss-reactive ketones (excluding diaryl/α,β-unsaturated/α-hetero) is 3. The van der Waals surface area contributed by atoms with E-state index in [4.69, 9.17) is 4.74 Å². The van der Waals surface area contributed by atoms with Crippen molar-refractivity contribution in [3.63, 3.8) is 0 Å². The minimum Gasteiger partial charge on any atom is -0.497 e. The van der Waals surface area contributed by atoms with Crippen LogP contribution in [0.25, 0.3) is 10.4 Å². The highest BCUT2D eigenvalue weighted by Gasteiger charge is 2.58. The first kappa shape index (κ1) is 19.5. The molecule has 1 fully saturated rings. The van der Waals surface area contributed by atoms with Gasteiger partial charge in [-0.15, -0.1) is 11.3 Å². The second-order valence-electron chi connectivity index (χ2n) is 8.09. The quantitative estimate of drug-likeness (QED) is 0.726. The number of carbonyl (C=O) groups is 3. The maximum atomic E-state index is 13.1. The molecule has 0 amide bonds. The number of thiophene rings is 1. The standard InChI is InChI=1S/C22H24O4S/c1-12-15(11-16(27-12)13-7-9-14(26-6)10-8-13)17-18(23)21(2,3)20(25)22(4,5)19(17)24/h7-11,17H,1-6H3. The smallest absolute Gasteiger partial charge is 0.160 e. The van der Waals surface area contributed by atoms with Crippen molar-refractivity contribution in [2.75, 3.05) is 7.11 Å². The van der Waals surface area contributed by atoms with Crippen molar-refractivity contribution in [1.82, 2.24) is 0 Å². The summed E-state index contributed by atoms with van der Waals surface area (Å²) in [7, 11) is 1.62. The molecule has 0 radical (unpaired) electrons. The lowest BCUT2D eigenvalue weighted by Crippen LogP contribution is -2.56. The summed E-state index contributed by atoms with van der Waals surface area (Å²) in [5.74, 6) is -1.04. The van der Waals surface area contributed by atoms with Gasteiger partial charge in [0.25, 0.3) is 0 Å². The molecule has 1 aromatic carbocycles. The molecular formula is C22H24O4S. The lowest BCUT2D eigenvalue weighted by atomic mass is 9.57. The first-order chi connectivity index (χ1) is 12.5. The zero-order chi connectivity index (χ0) is 20.1. The van der Waals surface area contributed by atoms with Crippen molar-refractivity contribution in [3.8, 4) is 16.2 Å². The topological polar surface area (TPSA) is 60.4 Å². The molecule has 0 unspecified atom stereocenters. The van der Waals surface area contributed by atoms with E-state index in [1.54, 1.807) is 46.1 Å². The Labute approximate surface area is 163 Å². The molecule has 142 valence electrons. The van der Waals surface area contributed by atoms with Gasteiger partial charge in [-0.1, -0.05) is 0 Å². The number of methoxy groups -OCH3 is 1. The molecule has 1 aliphatic rings. The van der Waals surface area contributed by atoms with Crippen LogP contribution in [0.15, 0.2) is 30.3 Å². The molecule has 4 nitrogen and oxygen atoms in total. The van der Waals surface area contributed by atoms with E-state index in [1.165, 1.54) is 0 Å². The third kappa shape index (κ3) is 2.94. The second-order valence-corrected chi connectivity index (χ2v) is 9.35. The van der Waals surface area contributed by atoms with Gasteiger partial charge < -0.3 is 4.74 Å². The Morgan fingerprint density at radius 3 is 1.93 bits per heavy atom. The molecule has 0 atom stereocenters. The average Bonchev–Trinajstić information content (AvgIpc) is 3.01. The number of aryl methyl sites for hydroxylation is 1. The third-order valence-electron chi connectivity index (χ3n) is 5.53. The van der Waals surface area contributed by atoms with Crippen LogP contribution in [-0.4, -0.2) is 24.5 Å². The summed E-state index contributed by atoms with van der Waals surface area (Å²) in [4.78, 5) is 40.8. The highest BCUT2D eigenvalue weighted by Crippen LogP contribution is 2.47. The molecule has 0 N–H and O–H groups in total. The molecule has 1 saturated carbocycles. The number of ketones is 3. The average molecular weight is 384 g/mol. The lowest BCUT2D eigenvalue weighted by Gasteiger charge is -2.40. The SMILES string of the molecule is COc1ccc(-c2cc(C3C(=O)C(C)(C)C(=O)C(C)(C)C3=O)c(C)s2)cc1. The van der Waals surface area contributed by atoms with Gasteiger partial charge in [0, 0.05) is 9.75 Å². The van der Waals surface area contributed by atoms with Crippen LogP contribution in [0, 0.1) is 17.8 Å². The number of benzene rings is 1. The summed E-state index contributed by atoms with van der Waals surface area (Å²) < 4.78 is 5.20. The van der Waals surface area contributed by atoms with Crippen LogP contribution < -0.4 is 4.74 Å². The van der Waals surface area contributed by atoms with Crippen molar-refractivity contribution in [1.29, 1.82) is 0 Å². The predicted molar refractivity (Wildman–Crippen MR) is 106 cm³/mol. The van der Waals surface area contributed by atoms with E-state index in [9.17, 15) is 14.4 Å². The molecule has 0 spiro atoms. The summed E-state index contributed by atoms with van der Waals surface area (Å²) in [6, 6.07) is 9.59. The number of carbonyl (C=O) groups excluding carboxylic acids is 3. The van der Waals surface area contributed by atoms with E-state index in [-0.39, 0.29) is 17.3 Å². The molecule has 5 heteroatoms. The molecule has 0 bridgehead atoms. The summed E-state index contributed by atoms with van der Waals surface area (Å²) in [5, 5.41) is 0. The van der Waals surface area contributed by atoms with Crippen LogP contribution >= 0.6 is 11.3 Å². The molecule has 0 saturated heterocycles. The molecule has 1 heterocycles. The Kier molecular flexibility index (Phi) is 4.63. The van der Waals surface area contributed by atoms with Crippen molar-refractivity contribution in [2.24, 2.45) is 10.8 Å². The summed E-state index contributed by atoms with van der Waals surface area (Å²) >= 11 is 1.55. The Bertz CT molecular complexity index is 902. The van der Waals surface area contributed by atoms with Gasteiger partial charge >= 0.3 is 0 Å². The van der Waals surface area contributed by atoms with Gasteiger partial charge in [0.1, 0.15) is 11.7 Å². The van der Waals surface area contributed by atoms with E-state index < -0.39 is 16.7 Å². The van der Waals surface area contributed by atoms with Crippen LogP contribution in [0.3, 0.4) is 0 Å². The Morgan fingerprint density at radius 2 is 1.44 bits per heavy atom. The second kappa shape index (κ2) is 6.41. The molecular weight excluding hydrogens is 360 g/mol. The molecule has 1 aliphatic carbocycles. The number of rotatable bonds is 3. The normalized spacial score (nSPS) is 19.4. The molecule has 1 aromatic heterocycles. The van der Waals surface area contributed by atoms with Gasteiger partial charge in [-0.2, -0.15) is 0 Å². The predicted octanol–water partition coefficient (Wildman–Crippen LogP) is 4.59. The largest absolute Gasteiger partial charge is 0.497 e. The lowest BCUT2D eigenvalue weighted by molar-refractivity contribution is -0.157. The molecule has 3 rings (SSSR count). The van der Waals surface area contributed by atoms with Crippen molar-refractivity contribution >= 4 is 28.7 Å². The van der Waals surface area contributed by atoms with E-state index >= 15 is 0 Å². The van der Waals surface area contributed by atoms with E-state index in [1.807, 2.05) is 37.3 Å². The summed E-state index contributed by atoms with van der Waals surface area (Å²) in [6.45, 7) is 8.44. The van der Waals surface area contributed by atoms with E-state index in [0.29, 0.717) is 0 Å². The fraction of sp³-hybridized carbons (Fsp3) is 0.409. The van der Waals surface area contributed by atoms with Gasteiger partial charge in [0.2, 0.25) is 0 Å². The zero-order valence-corrected chi connectivity index (χ0v) is 17.3. The van der Waals surface area contributed by atoms with Crippen molar-refractivity contribution < 1.29 is 19.1 Å². The van der Waals surface area contributed by atoms with Crippen LogP contribution in [0.1, 0.15) is 44.1 Å². The fourth-order valence-electron chi connectivity index (χ4n) is 3.81. The third-order valence-corrected chi connectivity index (χ3v) is 6.65. The van der Waals surface area contributed by atoms with E-state index in [0.717, 1.165) is 26.6 Å². The van der Waals surface area contributed by atoms with Crippen molar-refractivity contribution in [3.05, 3.63) is 40.8 Å². The minimum atomic E-state index is -1.17. The number of hydrogen-bond donors (Lipinski definition) is 0. The number of ether oxygens (including phenoxy) is 1. The Morgan fingerprint density at radius 1 is 0.926 bits per heavy atom. The number of hydrogen-bond acceptors (Lipinski definition) is 5. The zero-order valence-electron chi connectivity index (χ0n) is 16.5.